The van der Waals surface area contributed by atoms with E-state index in [4.69, 9.17) is 23.7 Å². The number of nitro benzene ring substituents is 1. The molecule has 0 bridgehead atoms. The molecular formula is C33H32N4O11S. The van der Waals surface area contributed by atoms with Crippen molar-refractivity contribution in [2.45, 2.75) is 28.7 Å². The molecule has 0 saturated carbocycles. The van der Waals surface area contributed by atoms with E-state index in [2.05, 4.69) is 10.6 Å². The maximum atomic E-state index is 12.9. The van der Waals surface area contributed by atoms with E-state index in [1.54, 1.807) is 18.2 Å². The van der Waals surface area contributed by atoms with E-state index in [1.807, 2.05) is 18.2 Å². The molecule has 0 aromatic heterocycles. The summed E-state index contributed by atoms with van der Waals surface area (Å²) in [4.78, 5) is 62.7. The number of carbonyl (C=O) groups excluding carboxylic acids is 4. The molecule has 3 heterocycles. The summed E-state index contributed by atoms with van der Waals surface area (Å²) in [6.07, 6.45) is 0.146. The van der Waals surface area contributed by atoms with Crippen molar-refractivity contribution in [2.75, 3.05) is 58.2 Å². The lowest BCUT2D eigenvalue weighted by Crippen LogP contribution is -2.54. The quantitative estimate of drug-likeness (QED) is 0.0750. The Hall–Kier alpha value is -5.03. The van der Waals surface area contributed by atoms with Crippen molar-refractivity contribution in [3.05, 3.63) is 75.8 Å². The lowest BCUT2D eigenvalue weighted by molar-refractivity contribution is -0.385. The van der Waals surface area contributed by atoms with E-state index in [0.717, 1.165) is 26.1 Å². The molecule has 1 saturated heterocycles. The van der Waals surface area contributed by atoms with E-state index in [0.29, 0.717) is 51.1 Å². The van der Waals surface area contributed by atoms with Gasteiger partial charge >= 0.3 is 0 Å². The summed E-state index contributed by atoms with van der Waals surface area (Å²) in [7, 11) is 0. The van der Waals surface area contributed by atoms with Crippen LogP contribution in [-0.2, 0) is 23.8 Å². The van der Waals surface area contributed by atoms with Crippen LogP contribution in [0.3, 0.4) is 0 Å². The highest BCUT2D eigenvalue weighted by Gasteiger charge is 2.44. The summed E-state index contributed by atoms with van der Waals surface area (Å²) in [5, 5.41) is 16.6. The Bertz CT molecular complexity index is 1790. The fourth-order valence-corrected chi connectivity index (χ4v) is 6.42. The van der Waals surface area contributed by atoms with Crippen molar-refractivity contribution in [1.29, 1.82) is 0 Å². The van der Waals surface area contributed by atoms with E-state index in [9.17, 15) is 29.3 Å². The minimum atomic E-state index is -1.02. The average molecular weight is 693 g/mol. The summed E-state index contributed by atoms with van der Waals surface area (Å²) >= 11 is 1.44. The normalized spacial score (nSPS) is 16.4. The van der Waals surface area contributed by atoms with Crippen LogP contribution in [0.4, 0.5) is 17.1 Å². The van der Waals surface area contributed by atoms with Gasteiger partial charge < -0.3 is 29.0 Å². The second-order valence-electron chi connectivity index (χ2n) is 11.0. The van der Waals surface area contributed by atoms with Gasteiger partial charge in [-0.25, -0.2) is 0 Å². The number of fused-ring (bicyclic) bond motifs is 3. The zero-order chi connectivity index (χ0) is 34.3. The number of nitrogens with zero attached hydrogens (tertiary/aromatic N) is 2. The van der Waals surface area contributed by atoms with Crippen molar-refractivity contribution < 1.29 is 47.8 Å². The smallest absolute Gasteiger partial charge is 0.270 e. The van der Waals surface area contributed by atoms with Gasteiger partial charge in [-0.2, -0.15) is 0 Å². The van der Waals surface area contributed by atoms with Gasteiger partial charge in [-0.1, -0.05) is 11.8 Å². The number of ether oxygens (including phenoxy) is 5. The number of anilines is 2. The molecule has 15 nitrogen and oxygen atoms in total. The third-order valence-electron chi connectivity index (χ3n) is 7.77. The molecule has 0 spiro atoms. The molecule has 256 valence electrons. The standard InChI is InChI=1S/C33H32N4O11S/c38-30-8-7-27(31(39)35-30)36-32(40)23-4-2-21(18-24(23)33(36)41)47-15-13-45-11-9-44-10-12-46-14-16-48-22-3-6-26-29(19-22)49-28-17-20(37(42)43)1-5-25(28)34-26/h1-6,17-19,27,34H,7-16H2,(H,35,38,39). The molecule has 1 unspecified atom stereocenters. The number of hydrogen-bond donors (Lipinski definition) is 2. The maximum Gasteiger partial charge on any atom is 0.270 e. The molecule has 2 N–H and O–H groups in total. The molecule has 3 aliphatic rings. The van der Waals surface area contributed by atoms with Gasteiger partial charge in [0.15, 0.2) is 0 Å². The third kappa shape index (κ3) is 8.00. The Balaban J connectivity index is 0.807. The van der Waals surface area contributed by atoms with Crippen LogP contribution in [-0.4, -0.2) is 92.3 Å². The van der Waals surface area contributed by atoms with Gasteiger partial charge in [0.25, 0.3) is 17.5 Å². The highest BCUT2D eigenvalue weighted by atomic mass is 32.2. The van der Waals surface area contributed by atoms with Crippen LogP contribution in [0.5, 0.6) is 11.5 Å². The Labute approximate surface area is 284 Å². The first-order chi connectivity index (χ1) is 23.8. The molecule has 1 atom stereocenters. The first-order valence-corrected chi connectivity index (χ1v) is 16.3. The zero-order valence-corrected chi connectivity index (χ0v) is 27.0. The number of amides is 4. The van der Waals surface area contributed by atoms with Crippen molar-refractivity contribution in [2.24, 2.45) is 0 Å². The van der Waals surface area contributed by atoms with E-state index in [-0.39, 0.29) is 42.9 Å². The van der Waals surface area contributed by atoms with Crippen LogP contribution < -0.4 is 20.1 Å². The van der Waals surface area contributed by atoms with E-state index in [1.165, 1.54) is 30.0 Å². The molecule has 0 aliphatic carbocycles. The molecule has 3 aromatic rings. The van der Waals surface area contributed by atoms with Gasteiger partial charge in [0.2, 0.25) is 11.8 Å². The summed E-state index contributed by atoms with van der Waals surface area (Å²) in [6.45, 7) is 2.65. The zero-order valence-electron chi connectivity index (χ0n) is 26.1. The molecule has 0 radical (unpaired) electrons. The van der Waals surface area contributed by atoms with E-state index >= 15 is 0 Å². The highest BCUT2D eigenvalue weighted by Crippen LogP contribution is 2.46. The number of nitro groups is 1. The number of non-ortho nitro benzene ring substituents is 1. The van der Waals surface area contributed by atoms with Crippen molar-refractivity contribution in [3.8, 4) is 11.5 Å². The lowest BCUT2D eigenvalue weighted by Gasteiger charge is -2.27. The number of carbonyl (C=O) groups is 4. The first-order valence-electron chi connectivity index (χ1n) is 15.5. The second kappa shape index (κ2) is 15.5. The second-order valence-corrected chi connectivity index (χ2v) is 12.1. The SMILES string of the molecule is O=C1CCC(N2C(=O)c3ccc(OCCOCCOCCOCCOc4ccc5c(c4)Sc4cc([N+](=O)[O-])ccc4N5)cc3C2=O)C(=O)N1. The maximum absolute atomic E-state index is 12.9. The van der Waals surface area contributed by atoms with Gasteiger partial charge in [0, 0.05) is 28.3 Å². The van der Waals surface area contributed by atoms with Crippen molar-refractivity contribution >= 4 is 52.5 Å². The van der Waals surface area contributed by atoms with Gasteiger partial charge in [-0.15, -0.1) is 0 Å². The number of nitrogens with one attached hydrogen (secondary N) is 2. The van der Waals surface area contributed by atoms with Crippen LogP contribution in [0.2, 0.25) is 0 Å². The number of rotatable bonds is 16. The van der Waals surface area contributed by atoms with Crippen molar-refractivity contribution in [3.63, 3.8) is 0 Å². The molecule has 49 heavy (non-hydrogen) atoms. The summed E-state index contributed by atoms with van der Waals surface area (Å²) in [6, 6.07) is 13.9. The topological polar surface area (TPSA) is 185 Å². The van der Waals surface area contributed by atoms with Gasteiger partial charge in [-0.3, -0.25) is 39.5 Å². The summed E-state index contributed by atoms with van der Waals surface area (Å²) in [5.74, 6) is -1.21. The minimum Gasteiger partial charge on any atom is -0.491 e. The largest absolute Gasteiger partial charge is 0.491 e. The average Bonchev–Trinajstić information content (AvgIpc) is 3.33. The van der Waals surface area contributed by atoms with Gasteiger partial charge in [0.1, 0.15) is 30.8 Å². The highest BCUT2D eigenvalue weighted by molar-refractivity contribution is 7.99. The molecule has 16 heteroatoms. The number of piperidine rings is 1. The molecule has 3 aliphatic heterocycles. The molecular weight excluding hydrogens is 660 g/mol. The van der Waals surface area contributed by atoms with Crippen LogP contribution >= 0.6 is 11.8 Å². The van der Waals surface area contributed by atoms with Crippen LogP contribution in [0.1, 0.15) is 33.6 Å². The van der Waals surface area contributed by atoms with Crippen LogP contribution in [0.25, 0.3) is 0 Å². The number of benzene rings is 3. The Morgan fingerprint density at radius 3 is 1.94 bits per heavy atom. The Morgan fingerprint density at radius 1 is 0.714 bits per heavy atom. The van der Waals surface area contributed by atoms with Gasteiger partial charge in [-0.05, 0) is 48.9 Å². The minimum absolute atomic E-state index is 0.0418. The monoisotopic (exact) mass is 692 g/mol. The fourth-order valence-electron chi connectivity index (χ4n) is 5.37. The molecule has 1 fully saturated rings. The Kier molecular flexibility index (Phi) is 10.7. The lowest BCUT2D eigenvalue weighted by atomic mass is 10.0. The first kappa shape index (κ1) is 33.9. The molecule has 3 aromatic carbocycles. The predicted molar refractivity (Wildman–Crippen MR) is 174 cm³/mol. The summed E-state index contributed by atoms with van der Waals surface area (Å²) in [5.41, 5.74) is 2.10. The third-order valence-corrected chi connectivity index (χ3v) is 8.88. The number of imide groups is 2. The van der Waals surface area contributed by atoms with E-state index < -0.39 is 34.6 Å². The van der Waals surface area contributed by atoms with Crippen LogP contribution in [0.15, 0.2) is 64.4 Å². The van der Waals surface area contributed by atoms with Crippen molar-refractivity contribution in [1.82, 2.24) is 10.2 Å². The molecule has 4 amide bonds. The predicted octanol–water partition coefficient (Wildman–Crippen LogP) is 3.71. The number of hydrogen-bond acceptors (Lipinski definition) is 13. The summed E-state index contributed by atoms with van der Waals surface area (Å²) < 4.78 is 28.1. The molecule has 6 rings (SSSR count). The van der Waals surface area contributed by atoms with Gasteiger partial charge in [0.05, 0.1) is 67.1 Å². The Morgan fingerprint density at radius 2 is 1.29 bits per heavy atom. The fraction of sp³-hybridized carbons (Fsp3) is 0.333. The van der Waals surface area contributed by atoms with Crippen LogP contribution in [0, 0.1) is 10.1 Å².